The second-order valence-corrected chi connectivity index (χ2v) is 6.41. The van der Waals surface area contributed by atoms with Crippen molar-refractivity contribution in [3.8, 4) is 0 Å². The fraction of sp³-hybridized carbons (Fsp3) is 0.286. The fourth-order valence-electron chi connectivity index (χ4n) is 1.42. The van der Waals surface area contributed by atoms with Crippen molar-refractivity contribution in [2.75, 3.05) is 5.32 Å². The van der Waals surface area contributed by atoms with Gasteiger partial charge < -0.3 is 5.32 Å². The number of anilines is 1. The molecule has 114 valence electrons. The Hall–Kier alpha value is -2.15. The molecular formula is C14H19N3O3S. The predicted octanol–water partition coefficient (Wildman–Crippen LogP) is 2.17. The van der Waals surface area contributed by atoms with Crippen LogP contribution in [0.25, 0.3) is 6.08 Å². The Kier molecular flexibility index (Phi) is 5.66. The lowest BCUT2D eigenvalue weighted by Crippen LogP contribution is -2.25. The fourth-order valence-corrected chi connectivity index (χ4v) is 2.25. The number of carbonyl (C=O) groups excluding carboxylic acids is 1. The van der Waals surface area contributed by atoms with Crippen LogP contribution < -0.4 is 10.0 Å². The molecule has 0 aliphatic rings. The van der Waals surface area contributed by atoms with Crippen molar-refractivity contribution >= 4 is 33.5 Å². The molecule has 6 nitrogen and oxygen atoms in total. The van der Waals surface area contributed by atoms with E-state index in [0.29, 0.717) is 11.3 Å². The molecular weight excluding hydrogens is 290 g/mol. The summed E-state index contributed by atoms with van der Waals surface area (Å²) in [5, 5.41) is 10.8. The number of benzene rings is 1. The van der Waals surface area contributed by atoms with Gasteiger partial charge >= 0.3 is 0 Å². The maximum absolute atomic E-state index is 11.6. The normalized spacial score (nSPS) is 11.6. The standard InChI is InChI=1S/C14H19N3O3S/c1-10(2)14(18)16-13-6-4-5-12(9-13)7-8-21(19,20)17-11(3)15/h4-10H,1-3H3,(H2,15,17)(H,16,18). The van der Waals surface area contributed by atoms with Gasteiger partial charge in [-0.1, -0.05) is 26.0 Å². The van der Waals surface area contributed by atoms with Crippen molar-refractivity contribution in [1.29, 1.82) is 5.41 Å². The number of amidine groups is 1. The average Bonchev–Trinajstić information content (AvgIpc) is 2.35. The third kappa shape index (κ3) is 6.22. The maximum atomic E-state index is 11.6. The number of hydrogen-bond donors (Lipinski definition) is 3. The Labute approximate surface area is 124 Å². The number of carbonyl (C=O) groups is 1. The van der Waals surface area contributed by atoms with Gasteiger partial charge in [0.2, 0.25) is 5.91 Å². The highest BCUT2D eigenvalue weighted by Crippen LogP contribution is 2.13. The van der Waals surface area contributed by atoms with Gasteiger partial charge in [-0.2, -0.15) is 0 Å². The van der Waals surface area contributed by atoms with Crippen LogP contribution in [0, 0.1) is 11.3 Å². The number of rotatable bonds is 5. The molecule has 21 heavy (non-hydrogen) atoms. The van der Waals surface area contributed by atoms with Gasteiger partial charge in [0.1, 0.15) is 5.84 Å². The molecule has 1 amide bonds. The molecule has 1 rings (SSSR count). The minimum absolute atomic E-state index is 0.107. The molecule has 0 fully saturated rings. The Morgan fingerprint density at radius 2 is 2.00 bits per heavy atom. The molecule has 0 unspecified atom stereocenters. The molecule has 0 saturated carbocycles. The third-order valence-corrected chi connectivity index (χ3v) is 3.50. The lowest BCUT2D eigenvalue weighted by molar-refractivity contribution is -0.118. The van der Waals surface area contributed by atoms with E-state index < -0.39 is 10.0 Å². The quantitative estimate of drug-likeness (QED) is 0.574. The first-order valence-electron chi connectivity index (χ1n) is 6.36. The van der Waals surface area contributed by atoms with Crippen LogP contribution >= 0.6 is 0 Å². The summed E-state index contributed by atoms with van der Waals surface area (Å²) in [4.78, 5) is 11.6. The second-order valence-electron chi connectivity index (χ2n) is 4.84. The zero-order valence-electron chi connectivity index (χ0n) is 12.2. The maximum Gasteiger partial charge on any atom is 0.255 e. The molecule has 1 aromatic carbocycles. The summed E-state index contributed by atoms with van der Waals surface area (Å²) >= 11 is 0. The van der Waals surface area contributed by atoms with E-state index in [0.717, 1.165) is 5.41 Å². The van der Waals surface area contributed by atoms with Crippen LogP contribution in [-0.4, -0.2) is 20.2 Å². The molecule has 0 aliphatic carbocycles. The summed E-state index contributed by atoms with van der Waals surface area (Å²) in [5.41, 5.74) is 1.23. The molecule has 0 aliphatic heterocycles. The van der Waals surface area contributed by atoms with Crippen molar-refractivity contribution in [3.63, 3.8) is 0 Å². The Bertz CT molecular complexity index is 664. The summed E-state index contributed by atoms with van der Waals surface area (Å²) < 4.78 is 25.2. The van der Waals surface area contributed by atoms with E-state index in [2.05, 4.69) is 10.0 Å². The number of sulfonamides is 1. The number of hydrogen-bond acceptors (Lipinski definition) is 4. The van der Waals surface area contributed by atoms with Crippen LogP contribution in [0.4, 0.5) is 5.69 Å². The van der Waals surface area contributed by atoms with Gasteiger partial charge in [0, 0.05) is 11.6 Å². The van der Waals surface area contributed by atoms with E-state index in [-0.39, 0.29) is 17.7 Å². The van der Waals surface area contributed by atoms with Crippen LogP contribution in [-0.2, 0) is 14.8 Å². The van der Waals surface area contributed by atoms with Crippen LogP contribution in [0.15, 0.2) is 29.7 Å². The highest BCUT2D eigenvalue weighted by Gasteiger charge is 2.07. The SMILES string of the molecule is CC(=N)NS(=O)(=O)C=Cc1cccc(NC(=O)C(C)C)c1. The largest absolute Gasteiger partial charge is 0.326 e. The lowest BCUT2D eigenvalue weighted by atomic mass is 10.1. The van der Waals surface area contributed by atoms with E-state index in [1.165, 1.54) is 13.0 Å². The van der Waals surface area contributed by atoms with Gasteiger partial charge in [0.15, 0.2) is 0 Å². The van der Waals surface area contributed by atoms with Gasteiger partial charge in [-0.15, -0.1) is 0 Å². The van der Waals surface area contributed by atoms with Gasteiger partial charge in [-0.3, -0.25) is 14.9 Å². The zero-order chi connectivity index (χ0) is 16.0. The molecule has 0 aromatic heterocycles. The van der Waals surface area contributed by atoms with E-state index in [4.69, 9.17) is 5.41 Å². The molecule has 0 heterocycles. The van der Waals surface area contributed by atoms with E-state index in [9.17, 15) is 13.2 Å². The van der Waals surface area contributed by atoms with E-state index >= 15 is 0 Å². The Balaban J connectivity index is 2.86. The van der Waals surface area contributed by atoms with Gasteiger partial charge in [0.05, 0.1) is 5.41 Å². The highest BCUT2D eigenvalue weighted by molar-refractivity contribution is 7.93. The Morgan fingerprint density at radius 3 is 2.57 bits per heavy atom. The highest BCUT2D eigenvalue weighted by atomic mass is 32.2. The molecule has 0 bridgehead atoms. The monoisotopic (exact) mass is 309 g/mol. The molecule has 0 radical (unpaired) electrons. The van der Waals surface area contributed by atoms with Crippen LogP contribution in [0.3, 0.4) is 0 Å². The van der Waals surface area contributed by atoms with E-state index in [1.807, 2.05) is 0 Å². The average molecular weight is 309 g/mol. The van der Waals surface area contributed by atoms with Crippen molar-refractivity contribution in [3.05, 3.63) is 35.2 Å². The molecule has 0 atom stereocenters. The minimum Gasteiger partial charge on any atom is -0.326 e. The molecule has 0 saturated heterocycles. The van der Waals surface area contributed by atoms with Crippen molar-refractivity contribution in [2.24, 2.45) is 5.92 Å². The molecule has 0 spiro atoms. The van der Waals surface area contributed by atoms with Crippen LogP contribution in [0.1, 0.15) is 26.3 Å². The molecule has 7 heteroatoms. The third-order valence-electron chi connectivity index (χ3n) is 2.41. The van der Waals surface area contributed by atoms with Crippen LogP contribution in [0.2, 0.25) is 0 Å². The smallest absolute Gasteiger partial charge is 0.255 e. The summed E-state index contributed by atoms with van der Waals surface area (Å²) in [7, 11) is -3.67. The topological polar surface area (TPSA) is 99.1 Å². The van der Waals surface area contributed by atoms with E-state index in [1.54, 1.807) is 38.1 Å². The summed E-state index contributed by atoms with van der Waals surface area (Å²) in [6, 6.07) is 6.83. The first kappa shape index (κ1) is 16.9. The van der Waals surface area contributed by atoms with Crippen molar-refractivity contribution in [2.45, 2.75) is 20.8 Å². The predicted molar refractivity (Wildman–Crippen MR) is 84.4 cm³/mol. The summed E-state index contributed by atoms with van der Waals surface area (Å²) in [5.74, 6) is -0.396. The second kappa shape index (κ2) is 7.03. The first-order chi connectivity index (χ1) is 9.69. The number of amides is 1. The number of nitrogens with one attached hydrogen (secondary N) is 3. The lowest BCUT2D eigenvalue weighted by Gasteiger charge is -2.08. The minimum atomic E-state index is -3.67. The summed E-state index contributed by atoms with van der Waals surface area (Å²) in [6.07, 6.45) is 1.40. The summed E-state index contributed by atoms with van der Waals surface area (Å²) in [6.45, 7) is 4.92. The van der Waals surface area contributed by atoms with Gasteiger partial charge in [0.25, 0.3) is 10.0 Å². The zero-order valence-corrected chi connectivity index (χ0v) is 13.0. The van der Waals surface area contributed by atoms with Gasteiger partial charge in [-0.25, -0.2) is 8.42 Å². The van der Waals surface area contributed by atoms with Gasteiger partial charge in [-0.05, 0) is 30.7 Å². The molecule has 1 aromatic rings. The Morgan fingerprint density at radius 1 is 1.33 bits per heavy atom. The van der Waals surface area contributed by atoms with Crippen LogP contribution in [0.5, 0.6) is 0 Å². The molecule has 3 N–H and O–H groups in total. The van der Waals surface area contributed by atoms with Crippen molar-refractivity contribution in [1.82, 2.24) is 4.72 Å². The first-order valence-corrected chi connectivity index (χ1v) is 7.91. The van der Waals surface area contributed by atoms with Crippen molar-refractivity contribution < 1.29 is 13.2 Å².